The van der Waals surface area contributed by atoms with Crippen molar-refractivity contribution in [2.75, 3.05) is 13.7 Å². The molecule has 4 rings (SSSR count). The minimum absolute atomic E-state index is 0.0772. The zero-order valence-corrected chi connectivity index (χ0v) is 14.5. The van der Waals surface area contributed by atoms with E-state index < -0.39 is 0 Å². The van der Waals surface area contributed by atoms with Gasteiger partial charge in [0.15, 0.2) is 5.82 Å². The largest absolute Gasteiger partial charge is 0.493 e. The van der Waals surface area contributed by atoms with Crippen molar-refractivity contribution in [2.45, 2.75) is 44.6 Å². The second-order valence-corrected chi connectivity index (χ2v) is 7.02. The Morgan fingerprint density at radius 2 is 2.12 bits per heavy atom. The molecule has 2 aromatic rings. The number of hydrogen-bond donors (Lipinski definition) is 0. The van der Waals surface area contributed by atoms with E-state index in [0.717, 1.165) is 36.5 Å². The smallest absolute Gasteiger partial charge is 0.229 e. The van der Waals surface area contributed by atoms with Gasteiger partial charge in [0.2, 0.25) is 11.8 Å². The van der Waals surface area contributed by atoms with Crippen molar-refractivity contribution in [3.8, 4) is 5.75 Å². The number of aromatic nitrogens is 2. The maximum Gasteiger partial charge on any atom is 0.229 e. The molecule has 0 N–H and O–H groups in total. The standard InChI is InChI=1S/C19H23N3O3/c1-22(12-17-20-18(25-21-17)13-6-4-7-13)19(23)15-9-10-24-16-8-3-2-5-14(16)11-15/h2-3,5,8,13,15H,4,6-7,9-12H2,1H3/t15-/m0/s1. The first-order valence-electron chi connectivity index (χ1n) is 8.99. The summed E-state index contributed by atoms with van der Waals surface area (Å²) >= 11 is 0. The van der Waals surface area contributed by atoms with Gasteiger partial charge in [-0.05, 0) is 37.3 Å². The summed E-state index contributed by atoms with van der Waals surface area (Å²) in [5.41, 5.74) is 1.10. The van der Waals surface area contributed by atoms with Crippen molar-refractivity contribution in [1.29, 1.82) is 0 Å². The summed E-state index contributed by atoms with van der Waals surface area (Å²) in [6.07, 6.45) is 4.90. The van der Waals surface area contributed by atoms with Crippen LogP contribution in [0.1, 0.15) is 48.9 Å². The fourth-order valence-corrected chi connectivity index (χ4v) is 3.46. The molecule has 0 saturated heterocycles. The zero-order valence-electron chi connectivity index (χ0n) is 14.5. The van der Waals surface area contributed by atoms with E-state index >= 15 is 0 Å². The van der Waals surface area contributed by atoms with Gasteiger partial charge in [-0.2, -0.15) is 4.98 Å². The summed E-state index contributed by atoms with van der Waals surface area (Å²) in [7, 11) is 1.80. The molecule has 0 radical (unpaired) electrons. The summed E-state index contributed by atoms with van der Waals surface area (Å²) in [4.78, 5) is 19.0. The quantitative estimate of drug-likeness (QED) is 0.855. The normalized spacial score (nSPS) is 20.1. The third kappa shape index (κ3) is 3.38. The first-order valence-corrected chi connectivity index (χ1v) is 8.99. The molecule has 0 spiro atoms. The lowest BCUT2D eigenvalue weighted by Gasteiger charge is -2.21. The lowest BCUT2D eigenvalue weighted by atomic mass is 9.85. The van der Waals surface area contributed by atoms with Crippen molar-refractivity contribution < 1.29 is 14.1 Å². The van der Waals surface area contributed by atoms with Crippen LogP contribution in [-0.2, 0) is 17.8 Å². The van der Waals surface area contributed by atoms with Crippen LogP contribution in [0.25, 0.3) is 0 Å². The highest BCUT2D eigenvalue weighted by Crippen LogP contribution is 2.35. The van der Waals surface area contributed by atoms with Crippen LogP contribution in [0, 0.1) is 5.92 Å². The number of carbonyl (C=O) groups is 1. The van der Waals surface area contributed by atoms with E-state index in [2.05, 4.69) is 10.1 Å². The lowest BCUT2D eigenvalue weighted by Crippen LogP contribution is -2.34. The Kier molecular flexibility index (Phi) is 4.42. The highest BCUT2D eigenvalue weighted by molar-refractivity contribution is 5.79. The molecule has 6 heteroatoms. The Labute approximate surface area is 147 Å². The van der Waals surface area contributed by atoms with Gasteiger partial charge in [-0.25, -0.2) is 0 Å². The van der Waals surface area contributed by atoms with Crippen LogP contribution < -0.4 is 4.74 Å². The molecule has 1 aliphatic heterocycles. The molecular weight excluding hydrogens is 318 g/mol. The minimum atomic E-state index is -0.0772. The van der Waals surface area contributed by atoms with E-state index in [1.165, 1.54) is 6.42 Å². The summed E-state index contributed by atoms with van der Waals surface area (Å²) < 4.78 is 11.1. The molecule has 1 atom stereocenters. The van der Waals surface area contributed by atoms with Crippen molar-refractivity contribution in [3.05, 3.63) is 41.5 Å². The average molecular weight is 341 g/mol. The van der Waals surface area contributed by atoms with Crippen molar-refractivity contribution in [2.24, 2.45) is 5.92 Å². The monoisotopic (exact) mass is 341 g/mol. The SMILES string of the molecule is CN(Cc1noc(C2CCC2)n1)C(=O)[C@H]1CCOc2ccccc2C1. The van der Waals surface area contributed by atoms with E-state index in [1.807, 2.05) is 24.3 Å². The van der Waals surface area contributed by atoms with Crippen LogP contribution in [0.2, 0.25) is 0 Å². The first kappa shape index (κ1) is 16.1. The molecule has 2 aliphatic rings. The molecule has 1 fully saturated rings. The summed E-state index contributed by atoms with van der Waals surface area (Å²) in [6, 6.07) is 7.95. The maximum atomic E-state index is 12.9. The van der Waals surface area contributed by atoms with Crippen molar-refractivity contribution in [1.82, 2.24) is 15.0 Å². The van der Waals surface area contributed by atoms with Gasteiger partial charge >= 0.3 is 0 Å². The molecule has 0 bridgehead atoms. The van der Waals surface area contributed by atoms with Crippen LogP contribution in [-0.4, -0.2) is 34.6 Å². The summed E-state index contributed by atoms with van der Waals surface area (Å²) in [6.45, 7) is 0.948. The number of hydrogen-bond acceptors (Lipinski definition) is 5. The number of amides is 1. The Bertz CT molecular complexity index is 754. The topological polar surface area (TPSA) is 68.5 Å². The van der Waals surface area contributed by atoms with Gasteiger partial charge < -0.3 is 14.2 Å². The highest BCUT2D eigenvalue weighted by Gasteiger charge is 2.28. The molecule has 6 nitrogen and oxygen atoms in total. The molecule has 132 valence electrons. The predicted octanol–water partition coefficient (Wildman–Crippen LogP) is 2.94. The van der Waals surface area contributed by atoms with Gasteiger partial charge in [0.1, 0.15) is 5.75 Å². The Balaban J connectivity index is 1.40. The fourth-order valence-electron chi connectivity index (χ4n) is 3.46. The zero-order chi connectivity index (χ0) is 17.2. The molecule has 1 amide bonds. The Hall–Kier alpha value is -2.37. The second kappa shape index (κ2) is 6.86. The number of rotatable bonds is 4. The number of nitrogens with zero attached hydrogens (tertiary/aromatic N) is 3. The molecule has 1 aliphatic carbocycles. The van der Waals surface area contributed by atoms with Gasteiger partial charge in [0, 0.05) is 18.9 Å². The molecule has 2 heterocycles. The third-order valence-corrected chi connectivity index (χ3v) is 5.21. The van der Waals surface area contributed by atoms with Crippen LogP contribution >= 0.6 is 0 Å². The second-order valence-electron chi connectivity index (χ2n) is 7.02. The van der Waals surface area contributed by atoms with E-state index in [1.54, 1.807) is 11.9 Å². The van der Waals surface area contributed by atoms with E-state index in [0.29, 0.717) is 31.3 Å². The van der Waals surface area contributed by atoms with Gasteiger partial charge in [-0.3, -0.25) is 4.79 Å². The van der Waals surface area contributed by atoms with Crippen LogP contribution in [0.4, 0.5) is 0 Å². The van der Waals surface area contributed by atoms with Crippen LogP contribution in [0.3, 0.4) is 0 Å². The van der Waals surface area contributed by atoms with Crippen molar-refractivity contribution >= 4 is 5.91 Å². The molecule has 0 unspecified atom stereocenters. The maximum absolute atomic E-state index is 12.9. The van der Waals surface area contributed by atoms with Gasteiger partial charge in [0.25, 0.3) is 0 Å². The van der Waals surface area contributed by atoms with Gasteiger partial charge in [-0.15, -0.1) is 0 Å². The van der Waals surface area contributed by atoms with Crippen LogP contribution in [0.15, 0.2) is 28.8 Å². The molecule has 1 saturated carbocycles. The van der Waals surface area contributed by atoms with E-state index in [4.69, 9.17) is 9.26 Å². The number of para-hydroxylation sites is 1. The Morgan fingerprint density at radius 3 is 2.92 bits per heavy atom. The van der Waals surface area contributed by atoms with Crippen LogP contribution in [0.5, 0.6) is 5.75 Å². The van der Waals surface area contributed by atoms with E-state index in [-0.39, 0.29) is 11.8 Å². The first-order chi connectivity index (χ1) is 12.2. The number of fused-ring (bicyclic) bond motifs is 1. The number of ether oxygens (including phenoxy) is 1. The Morgan fingerprint density at radius 1 is 1.28 bits per heavy atom. The predicted molar refractivity (Wildman–Crippen MR) is 91.1 cm³/mol. The highest BCUT2D eigenvalue weighted by atomic mass is 16.5. The molecule has 1 aromatic heterocycles. The molecule has 25 heavy (non-hydrogen) atoms. The minimum Gasteiger partial charge on any atom is -0.493 e. The third-order valence-electron chi connectivity index (χ3n) is 5.21. The number of carbonyl (C=O) groups excluding carboxylic acids is 1. The average Bonchev–Trinajstić information content (AvgIpc) is 2.89. The molecular formula is C19H23N3O3. The lowest BCUT2D eigenvalue weighted by molar-refractivity contribution is -0.135. The molecule has 1 aromatic carbocycles. The number of benzene rings is 1. The fraction of sp³-hybridized carbons (Fsp3) is 0.526. The summed E-state index contributed by atoms with van der Waals surface area (Å²) in [5.74, 6) is 2.64. The summed E-state index contributed by atoms with van der Waals surface area (Å²) in [5, 5.41) is 4.04. The van der Waals surface area contributed by atoms with Gasteiger partial charge in [-0.1, -0.05) is 29.8 Å². The van der Waals surface area contributed by atoms with Gasteiger partial charge in [0.05, 0.1) is 13.2 Å². The van der Waals surface area contributed by atoms with E-state index in [9.17, 15) is 4.79 Å². The van der Waals surface area contributed by atoms with Crippen molar-refractivity contribution in [3.63, 3.8) is 0 Å².